The second-order valence-electron chi connectivity index (χ2n) is 16.0. The summed E-state index contributed by atoms with van der Waals surface area (Å²) < 4.78 is 0. The van der Waals surface area contributed by atoms with Gasteiger partial charge in [0.05, 0.1) is 0 Å². The van der Waals surface area contributed by atoms with Crippen LogP contribution in [0, 0.1) is 6.92 Å². The van der Waals surface area contributed by atoms with Crippen LogP contribution in [0.3, 0.4) is 0 Å². The highest BCUT2D eigenvalue weighted by Crippen LogP contribution is 2.52. The quantitative estimate of drug-likeness (QED) is 0.152. The van der Waals surface area contributed by atoms with E-state index in [0.29, 0.717) is 0 Å². The van der Waals surface area contributed by atoms with E-state index in [1.54, 1.807) is 0 Å². The van der Waals surface area contributed by atoms with E-state index in [1.807, 2.05) is 0 Å². The van der Waals surface area contributed by atoms with Crippen LogP contribution in [0.15, 0.2) is 164 Å². The molecular formula is C53H42. The Kier molecular flexibility index (Phi) is 6.89. The lowest BCUT2D eigenvalue weighted by Gasteiger charge is -2.35. The SMILES string of the molecule is CC1(C)c2ccccc2-c2c1ccc1ccccc21.Cc1c2ccccc2c(-c2ccc3c4c(cccc24)C(C)(C)c2ccccc2-3)c2ccccc12. The Hall–Kier alpha value is -5.98. The standard InChI is InChI=1S/C34H26.C19H16/c1-21-22-11-4-6-14-25(22)32(26-15-7-5-12-23(21)26)29-20-19-28-24-13-8-9-17-30(24)34(2,3)31-18-10-16-27(29)33(28)31;1-19(2)16-10-6-5-9-15(16)18-14-8-4-3-7-13(14)11-12-17(18)19/h4-20H,1-3H3;3-12H,1-2H3. The summed E-state index contributed by atoms with van der Waals surface area (Å²) in [6.07, 6.45) is 0. The number of benzene rings is 9. The van der Waals surface area contributed by atoms with E-state index in [2.05, 4.69) is 198 Å². The van der Waals surface area contributed by atoms with Crippen LogP contribution in [0.1, 0.15) is 55.5 Å². The molecule has 0 aliphatic heterocycles. The molecule has 0 N–H and O–H groups in total. The van der Waals surface area contributed by atoms with Crippen LogP contribution in [-0.2, 0) is 10.8 Å². The molecule has 0 bridgehead atoms. The number of hydrogen-bond acceptors (Lipinski definition) is 0. The first kappa shape index (κ1) is 31.7. The van der Waals surface area contributed by atoms with Gasteiger partial charge in [0, 0.05) is 10.8 Å². The summed E-state index contributed by atoms with van der Waals surface area (Å²) in [4.78, 5) is 0. The zero-order valence-electron chi connectivity index (χ0n) is 31.1. The molecule has 0 saturated heterocycles. The summed E-state index contributed by atoms with van der Waals surface area (Å²) in [5.41, 5.74) is 15.4. The van der Waals surface area contributed by atoms with Crippen LogP contribution < -0.4 is 0 Å². The fraction of sp³-hybridized carbons (Fsp3) is 0.132. The van der Waals surface area contributed by atoms with Gasteiger partial charge in [0.1, 0.15) is 0 Å². The lowest BCUT2D eigenvalue weighted by atomic mass is 9.68. The first-order valence-electron chi connectivity index (χ1n) is 19.0. The van der Waals surface area contributed by atoms with Crippen molar-refractivity contribution < 1.29 is 0 Å². The molecule has 0 unspecified atom stereocenters. The highest BCUT2D eigenvalue weighted by molar-refractivity contribution is 6.20. The number of fused-ring (bicyclic) bond motifs is 9. The average Bonchev–Trinajstić information content (AvgIpc) is 3.44. The number of aryl methyl sites for hydroxylation is 1. The molecule has 9 aromatic carbocycles. The van der Waals surface area contributed by atoms with Crippen LogP contribution in [0.5, 0.6) is 0 Å². The molecule has 2 aliphatic carbocycles. The van der Waals surface area contributed by atoms with Crippen molar-refractivity contribution in [3.63, 3.8) is 0 Å². The maximum atomic E-state index is 2.37. The minimum absolute atomic E-state index is 0.0425. The van der Waals surface area contributed by atoms with Crippen LogP contribution >= 0.6 is 0 Å². The van der Waals surface area contributed by atoms with Crippen molar-refractivity contribution in [2.24, 2.45) is 0 Å². The van der Waals surface area contributed by atoms with Gasteiger partial charge in [-0.2, -0.15) is 0 Å². The summed E-state index contributed by atoms with van der Waals surface area (Å²) in [7, 11) is 0. The summed E-state index contributed by atoms with van der Waals surface area (Å²) in [5, 5.41) is 10.8. The van der Waals surface area contributed by atoms with Crippen molar-refractivity contribution in [1.29, 1.82) is 0 Å². The summed E-state index contributed by atoms with van der Waals surface area (Å²) >= 11 is 0. The molecule has 0 fully saturated rings. The van der Waals surface area contributed by atoms with Gasteiger partial charge >= 0.3 is 0 Å². The second-order valence-corrected chi connectivity index (χ2v) is 16.0. The first-order chi connectivity index (χ1) is 25.8. The molecule has 0 aromatic heterocycles. The van der Waals surface area contributed by atoms with Crippen molar-refractivity contribution in [1.82, 2.24) is 0 Å². The molecule has 11 rings (SSSR count). The van der Waals surface area contributed by atoms with Crippen LogP contribution in [0.4, 0.5) is 0 Å². The van der Waals surface area contributed by atoms with Gasteiger partial charge in [-0.15, -0.1) is 0 Å². The third kappa shape index (κ3) is 4.48. The topological polar surface area (TPSA) is 0 Å². The lowest BCUT2D eigenvalue weighted by molar-refractivity contribution is 0.645. The Balaban J connectivity index is 0.000000155. The first-order valence-corrected chi connectivity index (χ1v) is 19.0. The van der Waals surface area contributed by atoms with Gasteiger partial charge in [0.2, 0.25) is 0 Å². The zero-order valence-corrected chi connectivity index (χ0v) is 31.1. The van der Waals surface area contributed by atoms with Crippen LogP contribution in [-0.4, -0.2) is 0 Å². The maximum absolute atomic E-state index is 2.37. The lowest BCUT2D eigenvalue weighted by Crippen LogP contribution is -2.23. The maximum Gasteiger partial charge on any atom is 0.0159 e. The predicted molar refractivity (Wildman–Crippen MR) is 228 cm³/mol. The minimum Gasteiger partial charge on any atom is -0.0619 e. The molecule has 0 heteroatoms. The van der Waals surface area contributed by atoms with E-state index in [4.69, 9.17) is 0 Å². The molecule has 0 atom stereocenters. The Morgan fingerprint density at radius 1 is 0.302 bits per heavy atom. The zero-order chi connectivity index (χ0) is 36.1. The Morgan fingerprint density at radius 3 is 1.49 bits per heavy atom. The van der Waals surface area contributed by atoms with Gasteiger partial charge in [-0.05, 0) is 111 Å². The molecule has 0 amide bonds. The summed E-state index contributed by atoms with van der Waals surface area (Å²) in [6, 6.07) is 60.4. The van der Waals surface area contributed by atoms with E-state index < -0.39 is 0 Å². The van der Waals surface area contributed by atoms with Gasteiger partial charge in [0.15, 0.2) is 0 Å². The Morgan fingerprint density at radius 2 is 0.792 bits per heavy atom. The van der Waals surface area contributed by atoms with Gasteiger partial charge in [-0.3, -0.25) is 0 Å². The molecule has 254 valence electrons. The molecule has 2 aliphatic rings. The minimum atomic E-state index is -0.0425. The molecule has 9 aromatic rings. The Labute approximate surface area is 312 Å². The number of rotatable bonds is 1. The molecule has 0 heterocycles. The second kappa shape index (κ2) is 11.5. The van der Waals surface area contributed by atoms with E-state index in [9.17, 15) is 0 Å². The largest absolute Gasteiger partial charge is 0.0619 e. The smallest absolute Gasteiger partial charge is 0.0159 e. The van der Waals surface area contributed by atoms with E-state index >= 15 is 0 Å². The fourth-order valence-electron chi connectivity index (χ4n) is 9.89. The van der Waals surface area contributed by atoms with Crippen molar-refractivity contribution >= 4 is 43.1 Å². The van der Waals surface area contributed by atoms with Gasteiger partial charge in [-0.25, -0.2) is 0 Å². The van der Waals surface area contributed by atoms with Crippen LogP contribution in [0.25, 0.3) is 76.5 Å². The normalized spacial score (nSPS) is 14.4. The van der Waals surface area contributed by atoms with Crippen LogP contribution in [0.2, 0.25) is 0 Å². The van der Waals surface area contributed by atoms with Gasteiger partial charge in [-0.1, -0.05) is 191 Å². The average molecular weight is 679 g/mol. The third-order valence-corrected chi connectivity index (χ3v) is 12.5. The number of hydrogen-bond donors (Lipinski definition) is 0. The molecule has 53 heavy (non-hydrogen) atoms. The molecule has 0 nitrogen and oxygen atoms in total. The van der Waals surface area contributed by atoms with Crippen molar-refractivity contribution in [2.75, 3.05) is 0 Å². The summed E-state index contributed by atoms with van der Waals surface area (Å²) in [6.45, 7) is 11.6. The Bertz CT molecular complexity index is 2900. The van der Waals surface area contributed by atoms with Gasteiger partial charge < -0.3 is 0 Å². The van der Waals surface area contributed by atoms with Crippen molar-refractivity contribution in [3.8, 4) is 33.4 Å². The molecule has 0 saturated carbocycles. The molecule has 0 spiro atoms. The van der Waals surface area contributed by atoms with E-state index in [-0.39, 0.29) is 10.8 Å². The third-order valence-electron chi connectivity index (χ3n) is 12.5. The highest BCUT2D eigenvalue weighted by Gasteiger charge is 2.36. The highest BCUT2D eigenvalue weighted by atomic mass is 14.4. The van der Waals surface area contributed by atoms with E-state index in [1.165, 1.54) is 104 Å². The molecular weight excluding hydrogens is 637 g/mol. The van der Waals surface area contributed by atoms with Crippen molar-refractivity contribution in [3.05, 3.63) is 192 Å². The fourth-order valence-corrected chi connectivity index (χ4v) is 9.89. The van der Waals surface area contributed by atoms with E-state index in [0.717, 1.165) is 0 Å². The van der Waals surface area contributed by atoms with Crippen molar-refractivity contribution in [2.45, 2.75) is 45.4 Å². The van der Waals surface area contributed by atoms with Gasteiger partial charge in [0.25, 0.3) is 0 Å². The predicted octanol–water partition coefficient (Wildman–Crippen LogP) is 14.6. The monoisotopic (exact) mass is 678 g/mol. The summed E-state index contributed by atoms with van der Waals surface area (Å²) in [5.74, 6) is 0. The molecule has 0 radical (unpaired) electrons.